The zero-order valence-corrected chi connectivity index (χ0v) is 9.03. The number of urea groups is 1. The first-order chi connectivity index (χ1) is 7.84. The molecule has 0 aliphatic rings. The Morgan fingerprint density at radius 3 is 2.81 bits per heavy atom. The summed E-state index contributed by atoms with van der Waals surface area (Å²) in [5.41, 5.74) is 2.25. The van der Waals surface area contributed by atoms with Gasteiger partial charge in [-0.2, -0.15) is 5.48 Å². The minimum atomic E-state index is -0.459. The molecule has 16 heavy (non-hydrogen) atoms. The highest BCUT2D eigenvalue weighted by atomic mass is 32.1. The van der Waals surface area contributed by atoms with Crippen LogP contribution >= 0.6 is 11.3 Å². The summed E-state index contributed by atoms with van der Waals surface area (Å²) >= 11 is 1.33. The van der Waals surface area contributed by atoms with E-state index in [-0.39, 0.29) is 0 Å². The summed E-state index contributed by atoms with van der Waals surface area (Å²) in [5.74, 6) is 0.566. The molecule has 0 aliphatic heterocycles. The average molecular weight is 235 g/mol. The lowest BCUT2D eigenvalue weighted by Gasteiger charge is -2.06. The van der Waals surface area contributed by atoms with Crippen molar-refractivity contribution in [3.8, 4) is 5.75 Å². The maximum atomic E-state index is 11.3. The van der Waals surface area contributed by atoms with Crippen LogP contribution in [0.2, 0.25) is 0 Å². The van der Waals surface area contributed by atoms with Gasteiger partial charge in [0, 0.05) is 11.6 Å². The van der Waals surface area contributed by atoms with Crippen molar-refractivity contribution in [2.45, 2.75) is 0 Å². The van der Waals surface area contributed by atoms with Crippen LogP contribution < -0.4 is 15.6 Å². The van der Waals surface area contributed by atoms with Crippen molar-refractivity contribution >= 4 is 22.5 Å². The van der Waals surface area contributed by atoms with Gasteiger partial charge in [0.15, 0.2) is 10.9 Å². The van der Waals surface area contributed by atoms with Gasteiger partial charge in [-0.3, -0.25) is 5.32 Å². The summed E-state index contributed by atoms with van der Waals surface area (Å²) < 4.78 is 0. The van der Waals surface area contributed by atoms with Crippen LogP contribution in [0.25, 0.3) is 0 Å². The second kappa shape index (κ2) is 5.13. The van der Waals surface area contributed by atoms with Crippen molar-refractivity contribution in [2.24, 2.45) is 0 Å². The highest BCUT2D eigenvalue weighted by molar-refractivity contribution is 7.13. The molecule has 0 unspecified atom stereocenters. The van der Waals surface area contributed by atoms with Crippen molar-refractivity contribution in [3.05, 3.63) is 41.9 Å². The fourth-order valence-electron chi connectivity index (χ4n) is 1.00. The number of hydrogen-bond donors (Lipinski definition) is 2. The minimum absolute atomic E-state index is 0.459. The number of thiazole rings is 1. The quantitative estimate of drug-likeness (QED) is 0.802. The van der Waals surface area contributed by atoms with Gasteiger partial charge in [-0.15, -0.1) is 11.3 Å². The lowest BCUT2D eigenvalue weighted by Crippen LogP contribution is -2.31. The molecule has 1 aromatic carbocycles. The normalized spacial score (nSPS) is 9.50. The predicted octanol–water partition coefficient (Wildman–Crippen LogP) is 2.26. The summed E-state index contributed by atoms with van der Waals surface area (Å²) in [6, 6.07) is 8.51. The second-order valence-electron chi connectivity index (χ2n) is 2.81. The van der Waals surface area contributed by atoms with E-state index < -0.39 is 6.03 Å². The Balaban J connectivity index is 1.80. The number of para-hydroxylation sites is 1. The Kier molecular flexibility index (Phi) is 3.35. The highest BCUT2D eigenvalue weighted by Crippen LogP contribution is 2.10. The monoisotopic (exact) mass is 235 g/mol. The molecule has 6 heteroatoms. The molecule has 2 amide bonds. The van der Waals surface area contributed by atoms with Crippen LogP contribution in [0.1, 0.15) is 0 Å². The fourth-order valence-corrected chi connectivity index (χ4v) is 1.53. The summed E-state index contributed by atoms with van der Waals surface area (Å²) in [6.45, 7) is 0. The Morgan fingerprint density at radius 1 is 1.31 bits per heavy atom. The van der Waals surface area contributed by atoms with Crippen molar-refractivity contribution in [1.29, 1.82) is 0 Å². The van der Waals surface area contributed by atoms with E-state index in [4.69, 9.17) is 4.84 Å². The van der Waals surface area contributed by atoms with E-state index in [1.807, 2.05) is 18.2 Å². The second-order valence-corrected chi connectivity index (χ2v) is 3.70. The molecule has 0 bridgehead atoms. The van der Waals surface area contributed by atoms with Gasteiger partial charge in [-0.05, 0) is 12.1 Å². The number of nitrogens with one attached hydrogen (secondary N) is 2. The summed E-state index contributed by atoms with van der Waals surface area (Å²) in [5, 5.41) is 4.82. The largest absolute Gasteiger partial charge is 0.378 e. The van der Waals surface area contributed by atoms with Crippen molar-refractivity contribution < 1.29 is 9.63 Å². The number of hydrogen-bond acceptors (Lipinski definition) is 4. The molecule has 2 aromatic rings. The average Bonchev–Trinajstić information content (AvgIpc) is 2.81. The van der Waals surface area contributed by atoms with E-state index in [0.29, 0.717) is 10.9 Å². The number of carbonyl (C=O) groups excluding carboxylic acids is 1. The molecular weight excluding hydrogens is 226 g/mol. The molecule has 0 saturated carbocycles. The summed E-state index contributed by atoms with van der Waals surface area (Å²) in [7, 11) is 0. The topological polar surface area (TPSA) is 63.2 Å². The van der Waals surface area contributed by atoms with Crippen LogP contribution in [-0.4, -0.2) is 11.0 Å². The Hall–Kier alpha value is -2.08. The molecule has 2 rings (SSSR count). The summed E-state index contributed by atoms with van der Waals surface area (Å²) in [6.07, 6.45) is 1.61. The van der Waals surface area contributed by atoms with Gasteiger partial charge in [0.1, 0.15) is 0 Å². The third kappa shape index (κ3) is 2.96. The smallest absolute Gasteiger partial charge is 0.354 e. The van der Waals surface area contributed by atoms with Gasteiger partial charge in [0.05, 0.1) is 0 Å². The molecule has 0 saturated heterocycles. The van der Waals surface area contributed by atoms with Gasteiger partial charge in [0.25, 0.3) is 0 Å². The number of carbonyl (C=O) groups is 1. The molecule has 1 aromatic heterocycles. The minimum Gasteiger partial charge on any atom is -0.378 e. The molecular formula is C10H9N3O2S. The van der Waals surface area contributed by atoms with Gasteiger partial charge in [0.2, 0.25) is 0 Å². The van der Waals surface area contributed by atoms with Crippen LogP contribution in [0.5, 0.6) is 5.75 Å². The van der Waals surface area contributed by atoms with Crippen LogP contribution in [0, 0.1) is 0 Å². The lowest BCUT2D eigenvalue weighted by molar-refractivity contribution is 0.189. The van der Waals surface area contributed by atoms with Crippen molar-refractivity contribution in [3.63, 3.8) is 0 Å². The first kappa shape index (κ1) is 10.4. The molecule has 1 heterocycles. The highest BCUT2D eigenvalue weighted by Gasteiger charge is 2.03. The number of amides is 2. The number of benzene rings is 1. The lowest BCUT2D eigenvalue weighted by atomic mass is 10.3. The van der Waals surface area contributed by atoms with Crippen LogP contribution in [0.15, 0.2) is 41.9 Å². The van der Waals surface area contributed by atoms with Gasteiger partial charge in [-0.1, -0.05) is 18.2 Å². The molecule has 0 fully saturated rings. The first-order valence-electron chi connectivity index (χ1n) is 4.53. The number of rotatable bonds is 3. The standard InChI is InChI=1S/C10H9N3O2S/c14-9(12-10-11-6-7-16-10)13-15-8-4-2-1-3-5-8/h1-7H,(H2,11,12,13,14). The van der Waals surface area contributed by atoms with Gasteiger partial charge < -0.3 is 4.84 Å². The molecule has 0 aliphatic carbocycles. The third-order valence-electron chi connectivity index (χ3n) is 1.66. The zero-order chi connectivity index (χ0) is 11.2. The Bertz CT molecular complexity index is 444. The van der Waals surface area contributed by atoms with Gasteiger partial charge >= 0.3 is 6.03 Å². The number of nitrogens with zero attached hydrogens (tertiary/aromatic N) is 1. The van der Waals surface area contributed by atoms with E-state index in [9.17, 15) is 4.79 Å². The summed E-state index contributed by atoms with van der Waals surface area (Å²) in [4.78, 5) is 20.2. The maximum absolute atomic E-state index is 11.3. The molecule has 0 atom stereocenters. The Labute approximate surface area is 96.0 Å². The van der Waals surface area contributed by atoms with E-state index >= 15 is 0 Å². The van der Waals surface area contributed by atoms with E-state index in [0.717, 1.165) is 0 Å². The Morgan fingerprint density at radius 2 is 2.12 bits per heavy atom. The van der Waals surface area contributed by atoms with E-state index in [1.54, 1.807) is 23.7 Å². The zero-order valence-electron chi connectivity index (χ0n) is 8.21. The number of aromatic nitrogens is 1. The van der Waals surface area contributed by atoms with E-state index in [2.05, 4.69) is 15.8 Å². The van der Waals surface area contributed by atoms with Crippen molar-refractivity contribution in [2.75, 3.05) is 5.32 Å². The van der Waals surface area contributed by atoms with Crippen LogP contribution in [0.4, 0.5) is 9.93 Å². The van der Waals surface area contributed by atoms with Crippen molar-refractivity contribution in [1.82, 2.24) is 10.5 Å². The predicted molar refractivity (Wildman–Crippen MR) is 61.3 cm³/mol. The molecule has 0 radical (unpaired) electrons. The molecule has 0 spiro atoms. The third-order valence-corrected chi connectivity index (χ3v) is 2.35. The van der Waals surface area contributed by atoms with Gasteiger partial charge in [-0.25, -0.2) is 9.78 Å². The number of anilines is 1. The number of hydroxylamine groups is 1. The SMILES string of the molecule is O=C(NOc1ccccc1)Nc1nccs1. The van der Waals surface area contributed by atoms with Crippen LogP contribution in [-0.2, 0) is 0 Å². The van der Waals surface area contributed by atoms with Crippen LogP contribution in [0.3, 0.4) is 0 Å². The molecule has 2 N–H and O–H groups in total. The fraction of sp³-hybridized carbons (Fsp3) is 0. The maximum Gasteiger partial charge on any atom is 0.354 e. The molecule has 82 valence electrons. The molecule has 5 nitrogen and oxygen atoms in total. The van der Waals surface area contributed by atoms with E-state index in [1.165, 1.54) is 11.3 Å². The first-order valence-corrected chi connectivity index (χ1v) is 5.41.